The number of amides is 1. The highest BCUT2D eigenvalue weighted by atomic mass is 35.5. The van der Waals surface area contributed by atoms with Crippen LogP contribution >= 0.6 is 23.2 Å². The summed E-state index contributed by atoms with van der Waals surface area (Å²) in [5, 5.41) is 5.40. The van der Waals surface area contributed by atoms with Crippen molar-refractivity contribution in [1.82, 2.24) is 19.8 Å². The van der Waals surface area contributed by atoms with Crippen molar-refractivity contribution >= 4 is 46.2 Å². The number of rotatable bonds is 5. The van der Waals surface area contributed by atoms with E-state index in [0.717, 1.165) is 69.9 Å². The van der Waals surface area contributed by atoms with Gasteiger partial charge >= 0.3 is 6.03 Å². The van der Waals surface area contributed by atoms with E-state index in [9.17, 15) is 4.79 Å². The molecule has 0 atom stereocenters. The second kappa shape index (κ2) is 10.5. The smallest absolute Gasteiger partial charge is 0.326 e. The van der Waals surface area contributed by atoms with Crippen LogP contribution in [0.2, 0.25) is 10.2 Å². The van der Waals surface area contributed by atoms with Crippen LogP contribution in [-0.2, 0) is 19.5 Å². The highest BCUT2D eigenvalue weighted by Gasteiger charge is 2.26. The van der Waals surface area contributed by atoms with Crippen molar-refractivity contribution in [2.75, 3.05) is 13.1 Å². The summed E-state index contributed by atoms with van der Waals surface area (Å²) in [6, 6.07) is 16.0. The molecule has 5 rings (SSSR count). The molecule has 0 aliphatic carbocycles. The van der Waals surface area contributed by atoms with Crippen LogP contribution in [0, 0.1) is 13.8 Å². The number of halogens is 2. The lowest BCUT2D eigenvalue weighted by Crippen LogP contribution is -2.34. The third kappa shape index (κ3) is 5.19. The average Bonchev–Trinajstić information content (AvgIpc) is 3.17. The minimum atomic E-state index is -0.121. The predicted octanol–water partition coefficient (Wildman–Crippen LogP) is 6.79. The highest BCUT2D eigenvalue weighted by molar-refractivity contribution is 6.31. The van der Waals surface area contributed by atoms with Crippen LogP contribution in [0.4, 0.5) is 4.79 Å². The van der Waals surface area contributed by atoms with Gasteiger partial charge in [-0.2, -0.15) is 0 Å². The van der Waals surface area contributed by atoms with Gasteiger partial charge in [0.1, 0.15) is 5.15 Å². The van der Waals surface area contributed by atoms with Crippen molar-refractivity contribution < 1.29 is 4.79 Å². The van der Waals surface area contributed by atoms with E-state index >= 15 is 0 Å². The third-order valence-electron chi connectivity index (χ3n) is 6.69. The molecule has 184 valence electrons. The Hall–Kier alpha value is -3.12. The van der Waals surface area contributed by atoms with Crippen LogP contribution in [-0.4, -0.2) is 33.6 Å². The summed E-state index contributed by atoms with van der Waals surface area (Å²) in [6.07, 6.45) is 6.76. The molecule has 3 heterocycles. The maximum absolute atomic E-state index is 13.4. The Morgan fingerprint density at radius 2 is 1.97 bits per heavy atom. The van der Waals surface area contributed by atoms with Gasteiger partial charge in [-0.1, -0.05) is 59.6 Å². The molecule has 1 amide bonds. The fourth-order valence-electron chi connectivity index (χ4n) is 4.77. The zero-order valence-electron chi connectivity index (χ0n) is 20.4. The van der Waals surface area contributed by atoms with Gasteiger partial charge in [0.25, 0.3) is 0 Å². The van der Waals surface area contributed by atoms with Gasteiger partial charge < -0.3 is 5.32 Å². The van der Waals surface area contributed by atoms with Gasteiger partial charge in [0.15, 0.2) is 0 Å². The normalized spacial score (nSPS) is 13.9. The molecule has 7 heteroatoms. The number of benzene rings is 2. The summed E-state index contributed by atoms with van der Waals surface area (Å²) in [6.45, 7) is 6.97. The van der Waals surface area contributed by atoms with Crippen LogP contribution in [0.3, 0.4) is 0 Å². The molecule has 0 unspecified atom stereocenters. The van der Waals surface area contributed by atoms with Crippen LogP contribution in [0.1, 0.15) is 33.5 Å². The van der Waals surface area contributed by atoms with Crippen LogP contribution in [0.25, 0.3) is 17.0 Å². The molecular weight excluding hydrogens is 491 g/mol. The van der Waals surface area contributed by atoms with Crippen molar-refractivity contribution in [1.29, 1.82) is 0 Å². The first-order chi connectivity index (χ1) is 17.4. The lowest BCUT2D eigenvalue weighted by molar-refractivity contribution is 0.240. The van der Waals surface area contributed by atoms with E-state index < -0.39 is 0 Å². The predicted molar refractivity (Wildman–Crippen MR) is 148 cm³/mol. The van der Waals surface area contributed by atoms with Crippen molar-refractivity contribution in [3.63, 3.8) is 0 Å². The van der Waals surface area contributed by atoms with Gasteiger partial charge in [-0.15, -0.1) is 0 Å². The molecule has 0 saturated carbocycles. The molecule has 0 spiro atoms. The molecule has 1 N–H and O–H groups in total. The molecule has 1 aliphatic rings. The Morgan fingerprint density at radius 1 is 1.11 bits per heavy atom. The second-order valence-corrected chi connectivity index (χ2v) is 10.1. The number of hydrogen-bond acceptors (Lipinski definition) is 3. The second-order valence-electron chi connectivity index (χ2n) is 9.32. The molecule has 0 radical (unpaired) electrons. The van der Waals surface area contributed by atoms with Gasteiger partial charge in [0.2, 0.25) is 0 Å². The first kappa shape index (κ1) is 24.6. The van der Waals surface area contributed by atoms with Gasteiger partial charge in [-0.25, -0.2) is 9.78 Å². The Morgan fingerprint density at radius 3 is 2.78 bits per heavy atom. The fraction of sp³-hybridized carbons (Fsp3) is 0.241. The Balaban J connectivity index is 1.36. The van der Waals surface area contributed by atoms with E-state index in [1.807, 2.05) is 29.7 Å². The zero-order valence-corrected chi connectivity index (χ0v) is 21.9. The summed E-state index contributed by atoms with van der Waals surface area (Å²) in [5.74, 6) is 0. The van der Waals surface area contributed by atoms with Gasteiger partial charge in [-0.05, 0) is 65.9 Å². The largest absolute Gasteiger partial charge is 0.333 e. The van der Waals surface area contributed by atoms with Gasteiger partial charge in [-0.3, -0.25) is 9.47 Å². The molecule has 1 aliphatic heterocycles. The number of carbonyl (C=O) groups excluding carboxylic acids is 1. The van der Waals surface area contributed by atoms with Crippen molar-refractivity contribution in [3.05, 3.63) is 104 Å². The molecular formula is C29H28Cl2N4O. The lowest BCUT2D eigenvalue weighted by Gasteiger charge is -2.27. The molecule has 2 aromatic heterocycles. The number of fused-ring (bicyclic) bond motifs is 3. The van der Waals surface area contributed by atoms with Crippen LogP contribution in [0.5, 0.6) is 0 Å². The number of pyridine rings is 1. The van der Waals surface area contributed by atoms with E-state index in [1.165, 1.54) is 5.56 Å². The maximum Gasteiger partial charge on any atom is 0.326 e. The quantitative estimate of drug-likeness (QED) is 0.296. The van der Waals surface area contributed by atoms with Crippen molar-refractivity contribution in [2.45, 2.75) is 33.4 Å². The average molecular weight is 519 g/mol. The minimum absolute atomic E-state index is 0.121. The molecule has 0 saturated heterocycles. The maximum atomic E-state index is 13.4. The summed E-state index contributed by atoms with van der Waals surface area (Å²) in [4.78, 5) is 19.8. The molecule has 4 aromatic rings. The van der Waals surface area contributed by atoms with E-state index in [0.29, 0.717) is 11.7 Å². The number of aromatic nitrogens is 2. The number of nitrogens with one attached hydrogen (secondary N) is 1. The lowest BCUT2D eigenvalue weighted by atomic mass is 10.0. The summed E-state index contributed by atoms with van der Waals surface area (Å²) >= 11 is 12.3. The SMILES string of the molecule is Cc1ccc2c3c(n(C(=O)NCc4ccnc(Cl)c4)c2c1)CCN(C/C=C/c1ccc(C)c(Cl)c1)C3. The number of nitrogens with zero attached hydrogens (tertiary/aromatic N) is 3. The van der Waals surface area contributed by atoms with E-state index in [1.54, 1.807) is 12.3 Å². The van der Waals surface area contributed by atoms with Crippen LogP contribution < -0.4 is 5.32 Å². The molecule has 0 fully saturated rings. The minimum Gasteiger partial charge on any atom is -0.333 e. The summed E-state index contributed by atoms with van der Waals surface area (Å²) in [7, 11) is 0. The number of aryl methyl sites for hydroxylation is 2. The Labute approximate surface area is 221 Å². The summed E-state index contributed by atoms with van der Waals surface area (Å²) < 4.78 is 1.86. The Bertz CT molecular complexity index is 1470. The first-order valence-electron chi connectivity index (χ1n) is 12.1. The van der Waals surface area contributed by atoms with E-state index in [2.05, 4.69) is 58.5 Å². The highest BCUT2D eigenvalue weighted by Crippen LogP contribution is 2.31. The number of carbonyl (C=O) groups is 1. The van der Waals surface area contributed by atoms with Crippen LogP contribution in [0.15, 0.2) is 60.8 Å². The third-order valence-corrected chi connectivity index (χ3v) is 7.31. The molecule has 5 nitrogen and oxygen atoms in total. The Kier molecular flexibility index (Phi) is 7.15. The molecule has 0 bridgehead atoms. The first-order valence-corrected chi connectivity index (χ1v) is 12.8. The monoisotopic (exact) mass is 518 g/mol. The van der Waals surface area contributed by atoms with Crippen molar-refractivity contribution in [3.8, 4) is 0 Å². The molecule has 36 heavy (non-hydrogen) atoms. The standard InChI is InChI=1S/C29H28Cl2N4O/c1-19-5-8-23-24-18-34(12-3-4-21-7-6-20(2)25(30)15-21)13-10-26(24)35(27(23)14-19)29(36)33-17-22-9-11-32-28(31)16-22/h3-9,11,14-16H,10,12-13,17-18H2,1-2H3,(H,33,36)/b4-3+. The van der Waals surface area contributed by atoms with Gasteiger partial charge in [0.05, 0.1) is 5.52 Å². The van der Waals surface area contributed by atoms with E-state index in [-0.39, 0.29) is 6.03 Å². The zero-order chi connectivity index (χ0) is 25.2. The summed E-state index contributed by atoms with van der Waals surface area (Å²) in [5.41, 5.74) is 7.50. The molecule has 2 aromatic carbocycles. The fourth-order valence-corrected chi connectivity index (χ4v) is 5.16. The topological polar surface area (TPSA) is 50.2 Å². The van der Waals surface area contributed by atoms with Gasteiger partial charge in [0, 0.05) is 54.9 Å². The van der Waals surface area contributed by atoms with Crippen molar-refractivity contribution in [2.24, 2.45) is 0 Å². The number of hydrogen-bond donors (Lipinski definition) is 1. The van der Waals surface area contributed by atoms with E-state index in [4.69, 9.17) is 23.2 Å².